The summed E-state index contributed by atoms with van der Waals surface area (Å²) < 4.78 is 0. The zero-order valence-electron chi connectivity index (χ0n) is 12.9. The molecule has 1 heterocycles. The van der Waals surface area contributed by atoms with E-state index in [4.69, 9.17) is 0 Å². The van der Waals surface area contributed by atoms with Crippen molar-refractivity contribution >= 4 is 22.7 Å². The summed E-state index contributed by atoms with van der Waals surface area (Å²) >= 11 is 0. The van der Waals surface area contributed by atoms with Gasteiger partial charge in [-0.2, -0.15) is 0 Å². The molecule has 0 saturated heterocycles. The molecular weight excluding hydrogens is 278 g/mol. The molecule has 2 amide bonds. The van der Waals surface area contributed by atoms with Gasteiger partial charge in [-0.15, -0.1) is 0 Å². The van der Waals surface area contributed by atoms with E-state index in [2.05, 4.69) is 21.7 Å². The zero-order valence-corrected chi connectivity index (χ0v) is 12.9. The molecular formula is C17H23N3O2. The van der Waals surface area contributed by atoms with Crippen LogP contribution in [0.2, 0.25) is 0 Å². The van der Waals surface area contributed by atoms with Crippen molar-refractivity contribution in [2.75, 3.05) is 13.1 Å². The molecule has 2 rings (SSSR count). The molecule has 22 heavy (non-hydrogen) atoms. The van der Waals surface area contributed by atoms with E-state index in [1.54, 1.807) is 0 Å². The first-order valence-corrected chi connectivity index (χ1v) is 7.79. The summed E-state index contributed by atoms with van der Waals surface area (Å²) in [7, 11) is 0. The van der Waals surface area contributed by atoms with Gasteiger partial charge in [0.2, 0.25) is 11.8 Å². The number of fused-ring (bicyclic) bond motifs is 1. The molecule has 0 aliphatic carbocycles. The standard InChI is InChI=1S/C17H23N3O2/c1-2-10-18-17(22)12-20-16(21)9-5-6-13-11-19-15-8-4-3-7-14(13)15/h3-4,7-8,11,19H,2,5-6,9-10,12H2,1H3,(H,18,22)(H,20,21). The molecule has 5 nitrogen and oxygen atoms in total. The Morgan fingerprint density at radius 3 is 2.77 bits per heavy atom. The average Bonchev–Trinajstić information content (AvgIpc) is 2.94. The first kappa shape index (κ1) is 16.1. The van der Waals surface area contributed by atoms with Crippen molar-refractivity contribution in [3.63, 3.8) is 0 Å². The molecule has 1 aromatic carbocycles. The van der Waals surface area contributed by atoms with E-state index in [0.717, 1.165) is 24.8 Å². The van der Waals surface area contributed by atoms with Crippen LogP contribution in [-0.4, -0.2) is 29.9 Å². The highest BCUT2D eigenvalue weighted by molar-refractivity contribution is 5.85. The van der Waals surface area contributed by atoms with Crippen molar-refractivity contribution in [2.45, 2.75) is 32.6 Å². The summed E-state index contributed by atoms with van der Waals surface area (Å²) in [6.45, 7) is 2.70. The van der Waals surface area contributed by atoms with Crippen LogP contribution in [-0.2, 0) is 16.0 Å². The number of hydrogen-bond acceptors (Lipinski definition) is 2. The van der Waals surface area contributed by atoms with Crippen molar-refractivity contribution in [1.82, 2.24) is 15.6 Å². The number of nitrogens with one attached hydrogen (secondary N) is 3. The van der Waals surface area contributed by atoms with Crippen LogP contribution in [0.25, 0.3) is 10.9 Å². The highest BCUT2D eigenvalue weighted by Crippen LogP contribution is 2.19. The second kappa shape index (κ2) is 8.22. The molecule has 1 aromatic heterocycles. The molecule has 5 heteroatoms. The fourth-order valence-corrected chi connectivity index (χ4v) is 2.37. The van der Waals surface area contributed by atoms with Gasteiger partial charge in [0.05, 0.1) is 6.54 Å². The molecule has 2 aromatic rings. The number of hydrogen-bond donors (Lipinski definition) is 3. The second-order valence-corrected chi connectivity index (χ2v) is 5.34. The third-order valence-corrected chi connectivity index (χ3v) is 3.54. The third kappa shape index (κ3) is 4.62. The first-order chi connectivity index (χ1) is 10.7. The smallest absolute Gasteiger partial charge is 0.239 e. The normalized spacial score (nSPS) is 10.6. The summed E-state index contributed by atoms with van der Waals surface area (Å²) in [5, 5.41) is 6.59. The highest BCUT2D eigenvalue weighted by Gasteiger charge is 2.07. The number of H-pyrrole nitrogens is 1. The van der Waals surface area contributed by atoms with Crippen molar-refractivity contribution < 1.29 is 9.59 Å². The van der Waals surface area contributed by atoms with E-state index in [1.165, 1.54) is 10.9 Å². The molecule has 118 valence electrons. The van der Waals surface area contributed by atoms with E-state index in [9.17, 15) is 9.59 Å². The van der Waals surface area contributed by atoms with E-state index in [0.29, 0.717) is 13.0 Å². The fraction of sp³-hybridized carbons (Fsp3) is 0.412. The number of para-hydroxylation sites is 1. The molecule has 0 bridgehead atoms. The van der Waals surface area contributed by atoms with Gasteiger partial charge in [-0.05, 0) is 30.9 Å². The van der Waals surface area contributed by atoms with Crippen LogP contribution in [0.3, 0.4) is 0 Å². The lowest BCUT2D eigenvalue weighted by molar-refractivity contribution is -0.126. The number of rotatable bonds is 8. The van der Waals surface area contributed by atoms with Gasteiger partial charge in [0, 0.05) is 30.1 Å². The summed E-state index contributed by atoms with van der Waals surface area (Å²) in [4.78, 5) is 26.3. The van der Waals surface area contributed by atoms with Gasteiger partial charge in [0.25, 0.3) is 0 Å². The number of benzene rings is 1. The van der Waals surface area contributed by atoms with Gasteiger partial charge in [0.1, 0.15) is 0 Å². The lowest BCUT2D eigenvalue weighted by Crippen LogP contribution is -2.37. The Labute approximate surface area is 130 Å². The van der Waals surface area contributed by atoms with E-state index < -0.39 is 0 Å². The van der Waals surface area contributed by atoms with Crippen molar-refractivity contribution in [3.8, 4) is 0 Å². The van der Waals surface area contributed by atoms with Gasteiger partial charge in [-0.1, -0.05) is 25.1 Å². The average molecular weight is 301 g/mol. The Hall–Kier alpha value is -2.30. The number of aromatic nitrogens is 1. The minimum atomic E-state index is -0.133. The SMILES string of the molecule is CCCNC(=O)CNC(=O)CCCc1c[nH]c2ccccc12. The van der Waals surface area contributed by atoms with E-state index >= 15 is 0 Å². The maximum absolute atomic E-state index is 11.7. The maximum Gasteiger partial charge on any atom is 0.239 e. The summed E-state index contributed by atoms with van der Waals surface area (Å²) in [6, 6.07) is 8.14. The van der Waals surface area contributed by atoms with Gasteiger partial charge < -0.3 is 15.6 Å². The van der Waals surface area contributed by atoms with Crippen LogP contribution < -0.4 is 10.6 Å². The molecule has 0 aliphatic heterocycles. The monoisotopic (exact) mass is 301 g/mol. The van der Waals surface area contributed by atoms with Gasteiger partial charge in [-0.25, -0.2) is 0 Å². The van der Waals surface area contributed by atoms with Gasteiger partial charge in [0.15, 0.2) is 0 Å². The molecule has 0 spiro atoms. The number of carbonyl (C=O) groups excluding carboxylic acids is 2. The van der Waals surface area contributed by atoms with Crippen LogP contribution >= 0.6 is 0 Å². The minimum absolute atomic E-state index is 0.0614. The topological polar surface area (TPSA) is 74.0 Å². The highest BCUT2D eigenvalue weighted by atomic mass is 16.2. The summed E-state index contributed by atoms with van der Waals surface area (Å²) in [6.07, 6.45) is 4.94. The van der Waals surface area contributed by atoms with Crippen LogP contribution in [0.4, 0.5) is 0 Å². The summed E-state index contributed by atoms with van der Waals surface area (Å²) in [5.41, 5.74) is 2.35. The van der Waals surface area contributed by atoms with Gasteiger partial charge >= 0.3 is 0 Å². The zero-order chi connectivity index (χ0) is 15.8. The lowest BCUT2D eigenvalue weighted by atomic mass is 10.1. The van der Waals surface area contributed by atoms with Crippen molar-refractivity contribution in [3.05, 3.63) is 36.0 Å². The minimum Gasteiger partial charge on any atom is -0.361 e. The third-order valence-electron chi connectivity index (χ3n) is 3.54. The molecule has 0 fully saturated rings. The number of amides is 2. The molecule has 0 unspecified atom stereocenters. The second-order valence-electron chi connectivity index (χ2n) is 5.34. The molecule has 3 N–H and O–H groups in total. The van der Waals surface area contributed by atoms with Gasteiger partial charge in [-0.3, -0.25) is 9.59 Å². The predicted octanol–water partition coefficient (Wildman–Crippen LogP) is 2.13. The van der Waals surface area contributed by atoms with Crippen molar-refractivity contribution in [2.24, 2.45) is 0 Å². The van der Waals surface area contributed by atoms with Crippen LogP contribution in [0.5, 0.6) is 0 Å². The number of aryl methyl sites for hydroxylation is 1. The molecule has 0 saturated carbocycles. The molecule has 0 aliphatic rings. The number of aromatic amines is 1. The quantitative estimate of drug-likeness (QED) is 0.699. The lowest BCUT2D eigenvalue weighted by Gasteiger charge is -2.06. The molecule has 0 atom stereocenters. The Kier molecular flexibility index (Phi) is 6.01. The van der Waals surface area contributed by atoms with E-state index in [1.807, 2.05) is 31.3 Å². The number of carbonyl (C=O) groups is 2. The van der Waals surface area contributed by atoms with Crippen LogP contribution in [0, 0.1) is 0 Å². The maximum atomic E-state index is 11.7. The Morgan fingerprint density at radius 1 is 1.14 bits per heavy atom. The summed E-state index contributed by atoms with van der Waals surface area (Å²) in [5.74, 6) is -0.210. The van der Waals surface area contributed by atoms with Crippen molar-refractivity contribution in [1.29, 1.82) is 0 Å². The van der Waals surface area contributed by atoms with Crippen LogP contribution in [0.15, 0.2) is 30.5 Å². The first-order valence-electron chi connectivity index (χ1n) is 7.79. The predicted molar refractivity (Wildman–Crippen MR) is 87.5 cm³/mol. The van der Waals surface area contributed by atoms with Crippen LogP contribution in [0.1, 0.15) is 31.7 Å². The Morgan fingerprint density at radius 2 is 1.95 bits per heavy atom. The Balaban J connectivity index is 1.70. The van der Waals surface area contributed by atoms with E-state index in [-0.39, 0.29) is 18.4 Å². The molecule has 0 radical (unpaired) electrons. The Bertz CT molecular complexity index is 634. The largest absolute Gasteiger partial charge is 0.361 e. The fourth-order valence-electron chi connectivity index (χ4n) is 2.37.